The van der Waals surface area contributed by atoms with E-state index in [0.717, 1.165) is 10.6 Å². The second kappa shape index (κ2) is 7.25. The second-order valence-corrected chi connectivity index (χ2v) is 7.50. The van der Waals surface area contributed by atoms with Crippen LogP contribution in [-0.2, 0) is 15.1 Å². The van der Waals surface area contributed by atoms with Gasteiger partial charge in [-0.05, 0) is 48.9 Å². The first-order valence-electron chi connectivity index (χ1n) is 9.39. The summed E-state index contributed by atoms with van der Waals surface area (Å²) < 4.78 is 10.6. The number of nitrogens with one attached hydrogen (secondary N) is 2. The highest BCUT2D eigenvalue weighted by molar-refractivity contribution is 6.10. The van der Waals surface area contributed by atoms with Crippen molar-refractivity contribution in [1.82, 2.24) is 10.2 Å². The first-order valence-corrected chi connectivity index (χ1v) is 9.39. The molecule has 2 aliphatic rings. The van der Waals surface area contributed by atoms with Gasteiger partial charge in [-0.3, -0.25) is 14.5 Å². The van der Waals surface area contributed by atoms with Crippen LogP contribution in [0.1, 0.15) is 12.5 Å². The highest BCUT2D eigenvalue weighted by Gasteiger charge is 2.49. The molecular weight excluding hydrogens is 388 g/mol. The van der Waals surface area contributed by atoms with Crippen molar-refractivity contribution in [3.05, 3.63) is 48.0 Å². The van der Waals surface area contributed by atoms with Gasteiger partial charge in [0.2, 0.25) is 12.7 Å². The molecule has 2 heterocycles. The number of hydrogen-bond donors (Lipinski definition) is 2. The van der Waals surface area contributed by atoms with Crippen LogP contribution < -0.4 is 25.0 Å². The zero-order chi connectivity index (χ0) is 21.5. The molecule has 0 aromatic heterocycles. The van der Waals surface area contributed by atoms with Gasteiger partial charge in [-0.1, -0.05) is 6.07 Å². The van der Waals surface area contributed by atoms with Gasteiger partial charge >= 0.3 is 6.03 Å². The fourth-order valence-corrected chi connectivity index (χ4v) is 3.43. The van der Waals surface area contributed by atoms with Crippen molar-refractivity contribution in [2.75, 3.05) is 37.6 Å². The summed E-state index contributed by atoms with van der Waals surface area (Å²) in [5, 5.41) is 5.39. The number of hydrogen-bond acceptors (Lipinski definition) is 6. The Labute approximate surface area is 173 Å². The van der Waals surface area contributed by atoms with Gasteiger partial charge in [-0.2, -0.15) is 0 Å². The third-order valence-corrected chi connectivity index (χ3v) is 5.19. The van der Waals surface area contributed by atoms with Gasteiger partial charge in [0.05, 0.1) is 0 Å². The lowest BCUT2D eigenvalue weighted by molar-refractivity contribution is -0.133. The van der Waals surface area contributed by atoms with E-state index >= 15 is 0 Å². The number of carbonyl (C=O) groups excluding carboxylic acids is 3. The monoisotopic (exact) mass is 410 g/mol. The number of carbonyl (C=O) groups is 3. The van der Waals surface area contributed by atoms with E-state index in [1.54, 1.807) is 37.3 Å². The van der Waals surface area contributed by atoms with Crippen LogP contribution in [0, 0.1) is 0 Å². The molecule has 2 aromatic carbocycles. The molecule has 0 unspecified atom stereocenters. The van der Waals surface area contributed by atoms with Gasteiger partial charge in [0.1, 0.15) is 12.1 Å². The quantitative estimate of drug-likeness (QED) is 0.731. The van der Waals surface area contributed by atoms with Crippen LogP contribution in [0.3, 0.4) is 0 Å². The third kappa shape index (κ3) is 3.38. The van der Waals surface area contributed by atoms with Crippen molar-refractivity contribution in [1.29, 1.82) is 0 Å². The summed E-state index contributed by atoms with van der Waals surface area (Å²) in [6, 6.07) is 11.7. The molecule has 0 spiro atoms. The number of fused-ring (bicyclic) bond motifs is 1. The van der Waals surface area contributed by atoms with Crippen molar-refractivity contribution in [2.45, 2.75) is 12.5 Å². The van der Waals surface area contributed by atoms with E-state index in [0.29, 0.717) is 22.7 Å². The summed E-state index contributed by atoms with van der Waals surface area (Å²) in [4.78, 5) is 40.8. The number of anilines is 2. The van der Waals surface area contributed by atoms with Crippen LogP contribution in [0.4, 0.5) is 16.2 Å². The first kappa shape index (κ1) is 19.6. The minimum Gasteiger partial charge on any atom is -0.454 e. The molecule has 4 rings (SSSR count). The number of nitrogens with zero attached hydrogens (tertiary/aromatic N) is 2. The Hall–Kier alpha value is -3.75. The van der Waals surface area contributed by atoms with E-state index in [9.17, 15) is 14.4 Å². The van der Waals surface area contributed by atoms with Crippen LogP contribution in [0.15, 0.2) is 42.5 Å². The zero-order valence-corrected chi connectivity index (χ0v) is 16.9. The second-order valence-electron chi connectivity index (χ2n) is 7.50. The maximum absolute atomic E-state index is 13.0. The fourth-order valence-electron chi connectivity index (χ4n) is 3.43. The summed E-state index contributed by atoms with van der Waals surface area (Å²) in [7, 11) is 3.84. The lowest BCUT2D eigenvalue weighted by Crippen LogP contribution is -2.42. The van der Waals surface area contributed by atoms with E-state index in [-0.39, 0.29) is 13.3 Å². The topological polar surface area (TPSA) is 100 Å². The fraction of sp³-hybridized carbons (Fsp3) is 0.286. The number of benzene rings is 2. The molecule has 30 heavy (non-hydrogen) atoms. The Balaban J connectivity index is 1.46. The molecule has 1 saturated heterocycles. The largest absolute Gasteiger partial charge is 0.454 e. The number of rotatable bonds is 5. The van der Waals surface area contributed by atoms with Crippen molar-refractivity contribution < 1.29 is 23.9 Å². The Morgan fingerprint density at radius 1 is 1.13 bits per heavy atom. The molecule has 2 aromatic rings. The highest BCUT2D eigenvalue weighted by atomic mass is 16.7. The highest BCUT2D eigenvalue weighted by Crippen LogP contribution is 2.37. The summed E-state index contributed by atoms with van der Waals surface area (Å²) in [6.07, 6.45) is 0. The van der Waals surface area contributed by atoms with E-state index in [2.05, 4.69) is 10.6 Å². The Morgan fingerprint density at radius 3 is 2.53 bits per heavy atom. The first-order chi connectivity index (χ1) is 14.3. The summed E-state index contributed by atoms with van der Waals surface area (Å²) >= 11 is 0. The zero-order valence-electron chi connectivity index (χ0n) is 16.9. The van der Waals surface area contributed by atoms with Crippen molar-refractivity contribution in [3.8, 4) is 11.5 Å². The maximum Gasteiger partial charge on any atom is 0.325 e. The average molecular weight is 410 g/mol. The molecule has 9 nitrogen and oxygen atoms in total. The van der Waals surface area contributed by atoms with Gasteiger partial charge in [0.15, 0.2) is 11.5 Å². The normalized spacial score (nSPS) is 19.6. The summed E-state index contributed by atoms with van der Waals surface area (Å²) in [5.41, 5.74) is 0.816. The van der Waals surface area contributed by atoms with Crippen molar-refractivity contribution in [2.24, 2.45) is 0 Å². The number of urea groups is 1. The molecule has 0 aliphatic carbocycles. The van der Waals surface area contributed by atoms with Gasteiger partial charge in [-0.25, -0.2) is 4.79 Å². The Bertz CT molecular complexity index is 1020. The number of amides is 4. The van der Waals surface area contributed by atoms with Crippen LogP contribution in [-0.4, -0.2) is 50.2 Å². The lowest BCUT2D eigenvalue weighted by Gasteiger charge is -2.22. The predicted octanol–water partition coefficient (Wildman–Crippen LogP) is 1.89. The minimum absolute atomic E-state index is 0.109. The summed E-state index contributed by atoms with van der Waals surface area (Å²) in [6.45, 7) is 1.32. The Morgan fingerprint density at radius 2 is 1.83 bits per heavy atom. The van der Waals surface area contributed by atoms with Gasteiger partial charge in [-0.15, -0.1) is 0 Å². The van der Waals surface area contributed by atoms with Crippen molar-refractivity contribution in [3.63, 3.8) is 0 Å². The van der Waals surface area contributed by atoms with E-state index in [1.807, 2.05) is 31.1 Å². The molecular formula is C21H22N4O5. The summed E-state index contributed by atoms with van der Waals surface area (Å²) in [5.74, 6) is 0.110. The molecule has 1 fully saturated rings. The number of ether oxygens (including phenoxy) is 2. The van der Waals surface area contributed by atoms with Gasteiger partial charge in [0.25, 0.3) is 5.91 Å². The lowest BCUT2D eigenvalue weighted by atomic mass is 9.91. The molecule has 4 amide bonds. The molecule has 0 radical (unpaired) electrons. The SMILES string of the molecule is CN(C)c1ccc(NC(=O)CN2C(=O)N[C@@](C)(c3ccc4c(c3)OCO4)C2=O)cc1. The van der Waals surface area contributed by atoms with Crippen LogP contribution in [0.2, 0.25) is 0 Å². The van der Waals surface area contributed by atoms with E-state index < -0.39 is 23.4 Å². The molecule has 156 valence electrons. The number of imide groups is 1. The van der Waals surface area contributed by atoms with Crippen molar-refractivity contribution >= 4 is 29.2 Å². The van der Waals surface area contributed by atoms with Crippen LogP contribution in [0.5, 0.6) is 11.5 Å². The molecule has 9 heteroatoms. The maximum atomic E-state index is 13.0. The van der Waals surface area contributed by atoms with Gasteiger partial charge < -0.3 is 25.0 Å². The molecule has 2 aliphatic heterocycles. The van der Waals surface area contributed by atoms with Crippen LogP contribution in [0.25, 0.3) is 0 Å². The third-order valence-electron chi connectivity index (χ3n) is 5.19. The molecule has 0 saturated carbocycles. The molecule has 2 N–H and O–H groups in total. The molecule has 0 bridgehead atoms. The van der Waals surface area contributed by atoms with E-state index in [4.69, 9.17) is 9.47 Å². The predicted molar refractivity (Wildman–Crippen MR) is 110 cm³/mol. The van der Waals surface area contributed by atoms with E-state index in [1.165, 1.54) is 0 Å². The molecule has 1 atom stereocenters. The van der Waals surface area contributed by atoms with Gasteiger partial charge in [0, 0.05) is 25.5 Å². The smallest absolute Gasteiger partial charge is 0.325 e. The van der Waals surface area contributed by atoms with Crippen LogP contribution >= 0.6 is 0 Å². The minimum atomic E-state index is -1.30. The standard InChI is InChI=1S/C21H22N4O5/c1-21(13-4-9-16-17(10-13)30-12-29-16)19(27)25(20(28)23-21)11-18(26)22-14-5-7-15(8-6-14)24(2)3/h4-10H,11-12H2,1-3H3,(H,22,26)(H,23,28)/t21-/m0/s1. The Kier molecular flexibility index (Phi) is 4.73. The average Bonchev–Trinajstić information content (AvgIpc) is 3.27.